The second kappa shape index (κ2) is 6.35. The van der Waals surface area contributed by atoms with E-state index in [2.05, 4.69) is 4.98 Å². The third-order valence-electron chi connectivity index (χ3n) is 3.30. The van der Waals surface area contributed by atoms with Gasteiger partial charge in [-0.25, -0.2) is 0 Å². The molecule has 5 heteroatoms. The van der Waals surface area contributed by atoms with E-state index >= 15 is 0 Å². The first-order valence-electron chi connectivity index (χ1n) is 6.62. The molecule has 0 aliphatic heterocycles. The molecule has 0 unspecified atom stereocenters. The molecular formula is C16H20N2O3. The average Bonchev–Trinajstić information content (AvgIpc) is 2.47. The Hall–Kier alpha value is -2.43. The van der Waals surface area contributed by atoms with Crippen molar-refractivity contribution in [2.24, 2.45) is 0 Å². The van der Waals surface area contributed by atoms with E-state index in [9.17, 15) is 0 Å². The van der Waals surface area contributed by atoms with Gasteiger partial charge in [0.05, 0.1) is 19.9 Å². The molecule has 0 atom stereocenters. The molecular weight excluding hydrogens is 268 g/mol. The van der Waals surface area contributed by atoms with Crippen LogP contribution in [0.4, 0.5) is 5.69 Å². The van der Waals surface area contributed by atoms with Crippen molar-refractivity contribution in [3.8, 4) is 17.2 Å². The zero-order valence-corrected chi connectivity index (χ0v) is 12.8. The summed E-state index contributed by atoms with van der Waals surface area (Å²) in [6.07, 6.45) is 1.78. The monoisotopic (exact) mass is 288 g/mol. The highest BCUT2D eigenvalue weighted by molar-refractivity contribution is 5.52. The summed E-state index contributed by atoms with van der Waals surface area (Å²) in [6.45, 7) is 4.25. The number of rotatable bonds is 5. The number of ether oxygens (including phenoxy) is 3. The molecule has 0 aliphatic rings. The second-order valence-electron chi connectivity index (χ2n) is 4.75. The van der Waals surface area contributed by atoms with E-state index in [4.69, 9.17) is 19.9 Å². The Kier molecular flexibility index (Phi) is 4.52. The van der Waals surface area contributed by atoms with Crippen LogP contribution in [0.2, 0.25) is 0 Å². The van der Waals surface area contributed by atoms with E-state index in [1.54, 1.807) is 38.6 Å². The Morgan fingerprint density at radius 2 is 1.86 bits per heavy atom. The van der Waals surface area contributed by atoms with Crippen LogP contribution >= 0.6 is 0 Å². The highest BCUT2D eigenvalue weighted by Crippen LogP contribution is 2.30. The van der Waals surface area contributed by atoms with Gasteiger partial charge in [0.2, 0.25) is 0 Å². The van der Waals surface area contributed by atoms with E-state index < -0.39 is 0 Å². The first-order valence-corrected chi connectivity index (χ1v) is 6.62. The molecule has 1 aromatic heterocycles. The SMILES string of the molecule is COc1ccc(N)cc1OCc1ncc(C)c(OC)c1C. The van der Waals surface area contributed by atoms with Crippen molar-refractivity contribution >= 4 is 5.69 Å². The Balaban J connectivity index is 2.23. The molecule has 0 aliphatic carbocycles. The number of benzene rings is 1. The zero-order chi connectivity index (χ0) is 15.4. The van der Waals surface area contributed by atoms with Crippen molar-refractivity contribution in [2.45, 2.75) is 20.5 Å². The lowest BCUT2D eigenvalue weighted by Crippen LogP contribution is -2.05. The Morgan fingerprint density at radius 1 is 1.10 bits per heavy atom. The number of aryl methyl sites for hydroxylation is 1. The lowest BCUT2D eigenvalue weighted by molar-refractivity contribution is 0.279. The molecule has 1 heterocycles. The van der Waals surface area contributed by atoms with Crippen molar-refractivity contribution < 1.29 is 14.2 Å². The van der Waals surface area contributed by atoms with Gasteiger partial charge in [-0.1, -0.05) is 0 Å². The van der Waals surface area contributed by atoms with Crippen LogP contribution in [-0.4, -0.2) is 19.2 Å². The quantitative estimate of drug-likeness (QED) is 0.857. The number of methoxy groups -OCH3 is 2. The van der Waals surface area contributed by atoms with Crippen molar-refractivity contribution in [2.75, 3.05) is 20.0 Å². The molecule has 21 heavy (non-hydrogen) atoms. The van der Waals surface area contributed by atoms with Crippen molar-refractivity contribution in [1.29, 1.82) is 0 Å². The predicted molar refractivity (Wildman–Crippen MR) is 82.0 cm³/mol. The predicted octanol–water partition coefficient (Wildman–Crippen LogP) is 2.88. The van der Waals surface area contributed by atoms with Gasteiger partial charge < -0.3 is 19.9 Å². The minimum absolute atomic E-state index is 0.322. The van der Waals surface area contributed by atoms with Crippen LogP contribution in [0.25, 0.3) is 0 Å². The third kappa shape index (κ3) is 3.18. The summed E-state index contributed by atoms with van der Waals surface area (Å²) in [7, 11) is 3.25. The summed E-state index contributed by atoms with van der Waals surface area (Å²) in [4.78, 5) is 4.40. The highest BCUT2D eigenvalue weighted by Gasteiger charge is 2.11. The first-order chi connectivity index (χ1) is 10.1. The van der Waals surface area contributed by atoms with Crippen LogP contribution in [-0.2, 0) is 6.61 Å². The van der Waals surface area contributed by atoms with Gasteiger partial charge in [-0.3, -0.25) is 4.98 Å². The molecule has 112 valence electrons. The molecule has 2 rings (SSSR count). The molecule has 2 aromatic rings. The van der Waals surface area contributed by atoms with Crippen molar-refractivity contribution in [3.05, 3.63) is 41.2 Å². The summed E-state index contributed by atoms with van der Waals surface area (Å²) >= 11 is 0. The van der Waals surface area contributed by atoms with Gasteiger partial charge in [0.1, 0.15) is 12.4 Å². The number of anilines is 1. The van der Waals surface area contributed by atoms with Crippen LogP contribution in [0.1, 0.15) is 16.8 Å². The number of aromatic nitrogens is 1. The smallest absolute Gasteiger partial charge is 0.163 e. The number of hydrogen-bond acceptors (Lipinski definition) is 5. The molecule has 0 amide bonds. The van der Waals surface area contributed by atoms with Crippen LogP contribution in [0.3, 0.4) is 0 Å². The first kappa shape index (κ1) is 15.0. The van der Waals surface area contributed by atoms with Crippen LogP contribution in [0.15, 0.2) is 24.4 Å². The van der Waals surface area contributed by atoms with E-state index in [-0.39, 0.29) is 0 Å². The summed E-state index contributed by atoms with van der Waals surface area (Å²) in [5.41, 5.74) is 9.19. The van der Waals surface area contributed by atoms with Gasteiger partial charge in [0.25, 0.3) is 0 Å². The maximum atomic E-state index is 5.79. The third-order valence-corrected chi connectivity index (χ3v) is 3.30. The fourth-order valence-corrected chi connectivity index (χ4v) is 2.17. The van der Waals surface area contributed by atoms with Crippen LogP contribution in [0.5, 0.6) is 17.2 Å². The summed E-state index contributed by atoms with van der Waals surface area (Å²) in [5, 5.41) is 0. The molecule has 0 fully saturated rings. The summed E-state index contributed by atoms with van der Waals surface area (Å²) in [6, 6.07) is 5.28. The zero-order valence-electron chi connectivity index (χ0n) is 12.8. The Labute approximate surface area is 124 Å². The lowest BCUT2D eigenvalue weighted by Gasteiger charge is -2.14. The molecule has 0 radical (unpaired) electrons. The minimum atomic E-state index is 0.322. The van der Waals surface area contributed by atoms with Gasteiger partial charge in [-0.15, -0.1) is 0 Å². The fourth-order valence-electron chi connectivity index (χ4n) is 2.17. The normalized spacial score (nSPS) is 10.3. The van der Waals surface area contributed by atoms with E-state index in [0.717, 1.165) is 22.6 Å². The Bertz CT molecular complexity index is 642. The average molecular weight is 288 g/mol. The largest absolute Gasteiger partial charge is 0.496 e. The van der Waals surface area contributed by atoms with Crippen molar-refractivity contribution in [1.82, 2.24) is 4.98 Å². The molecule has 0 spiro atoms. The topological polar surface area (TPSA) is 66.6 Å². The summed E-state index contributed by atoms with van der Waals surface area (Å²) < 4.78 is 16.4. The van der Waals surface area contributed by atoms with Crippen LogP contribution < -0.4 is 19.9 Å². The molecule has 0 saturated carbocycles. The Morgan fingerprint density at radius 3 is 2.52 bits per heavy atom. The van der Waals surface area contributed by atoms with Crippen molar-refractivity contribution in [3.63, 3.8) is 0 Å². The fraction of sp³-hybridized carbons (Fsp3) is 0.312. The standard InChI is InChI=1S/C16H20N2O3/c1-10-8-18-13(11(2)16(10)20-4)9-21-15-7-12(17)5-6-14(15)19-3/h5-8H,9,17H2,1-4H3. The van der Waals surface area contributed by atoms with E-state index in [1.165, 1.54) is 0 Å². The number of nitrogens with two attached hydrogens (primary N) is 1. The highest BCUT2D eigenvalue weighted by atomic mass is 16.5. The van der Waals surface area contributed by atoms with Gasteiger partial charge >= 0.3 is 0 Å². The van der Waals surface area contributed by atoms with Gasteiger partial charge in [0, 0.05) is 29.1 Å². The maximum Gasteiger partial charge on any atom is 0.163 e. The summed E-state index contributed by atoms with van der Waals surface area (Å²) in [5.74, 6) is 2.07. The van der Waals surface area contributed by atoms with E-state index in [0.29, 0.717) is 23.8 Å². The maximum absolute atomic E-state index is 5.79. The van der Waals surface area contributed by atoms with Crippen LogP contribution in [0, 0.1) is 13.8 Å². The second-order valence-corrected chi connectivity index (χ2v) is 4.75. The van der Waals surface area contributed by atoms with Gasteiger partial charge in [-0.05, 0) is 26.0 Å². The number of nitrogen functional groups attached to an aromatic ring is 1. The van der Waals surface area contributed by atoms with Gasteiger partial charge in [-0.2, -0.15) is 0 Å². The number of nitrogens with zero attached hydrogens (tertiary/aromatic N) is 1. The molecule has 5 nitrogen and oxygen atoms in total. The van der Waals surface area contributed by atoms with E-state index in [1.807, 2.05) is 13.8 Å². The van der Waals surface area contributed by atoms with Gasteiger partial charge in [0.15, 0.2) is 11.5 Å². The number of pyridine rings is 1. The molecule has 1 aromatic carbocycles. The number of hydrogen-bond donors (Lipinski definition) is 1. The molecule has 0 bridgehead atoms. The minimum Gasteiger partial charge on any atom is -0.496 e. The lowest BCUT2D eigenvalue weighted by atomic mass is 10.1. The molecule has 2 N–H and O–H groups in total. The molecule has 0 saturated heterocycles.